The molecule has 0 spiro atoms. The van der Waals surface area contributed by atoms with E-state index in [1.165, 1.54) is 0 Å². The minimum Gasteiger partial charge on any atom is -0.412 e. The zero-order valence-electron chi connectivity index (χ0n) is 3.93. The first-order chi connectivity index (χ1) is 0. The summed E-state index contributed by atoms with van der Waals surface area (Å²) in [6, 6.07) is 0. The summed E-state index contributed by atoms with van der Waals surface area (Å²) in [4.78, 5) is 0. The molecule has 0 heterocycles. The van der Waals surface area contributed by atoms with Crippen molar-refractivity contribution in [2.75, 3.05) is 0 Å². The molecular formula is H8CaCl2Cu3O3+2. The molecular weight excluding hydrogens is 350 g/mol. The molecule has 0 aliphatic carbocycles. The van der Waals surface area contributed by atoms with E-state index in [0.29, 0.717) is 0 Å². The molecule has 6 N–H and O–H groups in total. The van der Waals surface area contributed by atoms with Gasteiger partial charge in [-0.15, -0.1) is 24.8 Å². The van der Waals surface area contributed by atoms with Gasteiger partial charge in [0.25, 0.3) is 0 Å². The average Bonchev–Trinajstić information content (AvgIpc) is 0. The predicted molar refractivity (Wildman–Crippen MR) is 31.1 cm³/mol. The molecule has 9 heavy (non-hydrogen) atoms. The summed E-state index contributed by atoms with van der Waals surface area (Å²) in [7, 11) is 0. The van der Waals surface area contributed by atoms with Gasteiger partial charge < -0.3 is 16.4 Å². The van der Waals surface area contributed by atoms with Crippen molar-refractivity contribution >= 4 is 62.6 Å². The third-order valence-electron chi connectivity index (χ3n) is 0. The predicted octanol–water partition coefficient (Wildman–Crippen LogP) is -2.02. The van der Waals surface area contributed by atoms with Crippen LogP contribution in [-0.2, 0) is 51.2 Å². The second-order valence-electron chi connectivity index (χ2n) is 0. The maximum absolute atomic E-state index is 0. The van der Waals surface area contributed by atoms with Gasteiger partial charge in [-0.25, -0.2) is 0 Å². The van der Waals surface area contributed by atoms with Crippen LogP contribution in [0.25, 0.3) is 0 Å². The Hall–Kier alpha value is 3.28. The Balaban J connectivity index is 0. The Morgan fingerprint density at radius 1 is 0.444 bits per heavy atom. The molecule has 0 aliphatic rings. The van der Waals surface area contributed by atoms with E-state index in [1.807, 2.05) is 0 Å². The van der Waals surface area contributed by atoms with Crippen LogP contribution in [0.2, 0.25) is 0 Å². The van der Waals surface area contributed by atoms with Crippen LogP contribution in [0.1, 0.15) is 0 Å². The zero-order valence-corrected chi connectivity index (χ0v) is 10.6. The molecule has 0 atom stereocenters. The smallest absolute Gasteiger partial charge is 0.412 e. The molecule has 9 heteroatoms. The molecule has 0 rings (SSSR count). The van der Waals surface area contributed by atoms with Crippen LogP contribution in [0.3, 0.4) is 0 Å². The molecule has 3 nitrogen and oxygen atoms in total. The van der Waals surface area contributed by atoms with Crippen LogP contribution in [0, 0.1) is 0 Å². The van der Waals surface area contributed by atoms with E-state index in [-0.39, 0.29) is 130 Å². The van der Waals surface area contributed by atoms with Crippen molar-refractivity contribution in [1.82, 2.24) is 0 Å². The van der Waals surface area contributed by atoms with Crippen molar-refractivity contribution in [3.8, 4) is 0 Å². The number of hydrogen-bond donors (Lipinski definition) is 0. The Kier molecular flexibility index (Phi) is 1790. The van der Waals surface area contributed by atoms with E-state index in [9.17, 15) is 0 Å². The van der Waals surface area contributed by atoms with Gasteiger partial charge in [0.2, 0.25) is 0 Å². The Morgan fingerprint density at radius 2 is 0.444 bits per heavy atom. The first-order valence-corrected chi connectivity index (χ1v) is 0. The van der Waals surface area contributed by atoms with Gasteiger partial charge in [0.05, 0.1) is 0 Å². The van der Waals surface area contributed by atoms with Crippen LogP contribution < -0.4 is 0 Å². The Morgan fingerprint density at radius 3 is 0.444 bits per heavy atom. The molecule has 0 saturated heterocycles. The molecule has 0 saturated carbocycles. The second-order valence-corrected chi connectivity index (χ2v) is 0. The van der Waals surface area contributed by atoms with Crippen LogP contribution in [0.15, 0.2) is 0 Å². The average molecular weight is 358 g/mol. The van der Waals surface area contributed by atoms with Gasteiger partial charge in [-0.05, 0) is 0 Å². The quantitative estimate of drug-likeness (QED) is 0.448. The van der Waals surface area contributed by atoms with Crippen LogP contribution in [-0.4, -0.2) is 54.2 Å². The SMILES string of the molecule is Cl.Cl.O.O.O.[Ca+2].[Cu].[Cu].[Cu]. The van der Waals surface area contributed by atoms with Gasteiger partial charge in [-0.2, -0.15) is 0 Å². The van der Waals surface area contributed by atoms with Gasteiger partial charge in [0, 0.05) is 51.2 Å². The molecule has 0 aliphatic heterocycles. The van der Waals surface area contributed by atoms with Crippen molar-refractivity contribution in [2.24, 2.45) is 0 Å². The zero-order chi connectivity index (χ0) is 0. The fraction of sp³-hybridized carbons (Fsp3) is 0. The molecule has 0 amide bonds. The normalized spacial score (nSPS) is 0. The number of hydrogen-bond acceptors (Lipinski definition) is 0. The van der Waals surface area contributed by atoms with E-state index < -0.39 is 0 Å². The summed E-state index contributed by atoms with van der Waals surface area (Å²) >= 11 is 0. The van der Waals surface area contributed by atoms with Gasteiger partial charge in [-0.1, -0.05) is 0 Å². The summed E-state index contributed by atoms with van der Waals surface area (Å²) in [5.41, 5.74) is 0. The van der Waals surface area contributed by atoms with E-state index in [1.54, 1.807) is 0 Å². The maximum Gasteiger partial charge on any atom is 2.00 e. The van der Waals surface area contributed by atoms with Crippen LogP contribution >= 0.6 is 24.8 Å². The fourth-order valence-corrected chi connectivity index (χ4v) is 0. The Labute approximate surface area is 128 Å². The molecule has 0 bridgehead atoms. The monoisotopic (exact) mass is 355 g/mol. The molecule has 0 fully saturated rings. The van der Waals surface area contributed by atoms with E-state index in [4.69, 9.17) is 0 Å². The first-order valence-electron chi connectivity index (χ1n) is 0. The number of halogens is 2. The summed E-state index contributed by atoms with van der Waals surface area (Å²) in [5, 5.41) is 0. The molecule has 73 valence electrons. The second kappa shape index (κ2) is 111. The third-order valence-corrected chi connectivity index (χ3v) is 0. The van der Waals surface area contributed by atoms with Crippen molar-refractivity contribution in [2.45, 2.75) is 0 Å². The summed E-state index contributed by atoms with van der Waals surface area (Å²) < 4.78 is 0. The molecule has 0 aromatic carbocycles. The van der Waals surface area contributed by atoms with Gasteiger partial charge >= 0.3 is 37.7 Å². The largest absolute Gasteiger partial charge is 2.00 e. The molecule has 0 unspecified atom stereocenters. The van der Waals surface area contributed by atoms with Crippen LogP contribution in [0.4, 0.5) is 0 Å². The third kappa shape index (κ3) is 90.3. The molecule has 0 aromatic rings. The molecule has 3 radical (unpaired) electrons. The summed E-state index contributed by atoms with van der Waals surface area (Å²) in [6.07, 6.45) is 0. The van der Waals surface area contributed by atoms with Gasteiger partial charge in [0.15, 0.2) is 0 Å². The fourth-order valence-electron chi connectivity index (χ4n) is 0. The first kappa shape index (κ1) is 145. The van der Waals surface area contributed by atoms with E-state index in [2.05, 4.69) is 0 Å². The Bertz CT molecular complexity index is 17.0. The minimum atomic E-state index is 0. The van der Waals surface area contributed by atoms with Crippen LogP contribution in [0.5, 0.6) is 0 Å². The summed E-state index contributed by atoms with van der Waals surface area (Å²) in [6.45, 7) is 0. The van der Waals surface area contributed by atoms with Crippen molar-refractivity contribution in [3.63, 3.8) is 0 Å². The van der Waals surface area contributed by atoms with Gasteiger partial charge in [-0.3, -0.25) is 0 Å². The van der Waals surface area contributed by atoms with E-state index >= 15 is 0 Å². The minimum absolute atomic E-state index is 0. The van der Waals surface area contributed by atoms with Crippen molar-refractivity contribution in [3.05, 3.63) is 0 Å². The topological polar surface area (TPSA) is 94.5 Å². The standard InChI is InChI=1S/Ca.2ClH.3Cu.3H2O/h;2*1H;;;;3*1H2/q+2;;;;;;;;. The maximum atomic E-state index is 0. The summed E-state index contributed by atoms with van der Waals surface area (Å²) in [5.74, 6) is 0. The van der Waals surface area contributed by atoms with E-state index in [0.717, 1.165) is 0 Å². The van der Waals surface area contributed by atoms with Gasteiger partial charge in [0.1, 0.15) is 0 Å². The van der Waals surface area contributed by atoms with Crippen molar-refractivity contribution < 1.29 is 67.6 Å². The molecule has 0 aromatic heterocycles. The van der Waals surface area contributed by atoms with Crippen molar-refractivity contribution in [1.29, 1.82) is 0 Å². The number of rotatable bonds is 0.